The Kier molecular flexibility index (Phi) is 3.53. The van der Waals surface area contributed by atoms with Crippen LogP contribution in [0.25, 0.3) is 0 Å². The van der Waals surface area contributed by atoms with Crippen molar-refractivity contribution in [3.63, 3.8) is 0 Å². The van der Waals surface area contributed by atoms with Crippen LogP contribution in [0, 0.1) is 5.41 Å². The topological polar surface area (TPSA) is 38.8 Å². The molecular weight excluding hydrogens is 204 g/mol. The van der Waals surface area contributed by atoms with Gasteiger partial charge >= 0.3 is 5.97 Å². The molecule has 16 heavy (non-hydrogen) atoms. The molecule has 1 aliphatic heterocycles. The van der Waals surface area contributed by atoms with Crippen molar-refractivity contribution in [3.8, 4) is 0 Å². The van der Waals surface area contributed by atoms with Crippen LogP contribution in [0.2, 0.25) is 0 Å². The monoisotopic (exact) mass is 226 g/mol. The minimum atomic E-state index is -0.259. The van der Waals surface area contributed by atoms with Gasteiger partial charge in [-0.1, -0.05) is 13.3 Å². The first-order valence-electron chi connectivity index (χ1n) is 6.48. The molecule has 92 valence electrons. The smallest absolute Gasteiger partial charge is 0.311 e. The predicted molar refractivity (Wildman–Crippen MR) is 61.1 cm³/mol. The Bertz CT molecular complexity index is 250. The maximum atomic E-state index is 12.0. The number of carbonyl (C=O) groups is 1. The first-order valence-corrected chi connectivity index (χ1v) is 6.48. The third-order valence-corrected chi connectivity index (χ3v) is 3.87. The van der Waals surface area contributed by atoms with Gasteiger partial charge in [-0.3, -0.25) is 4.79 Å². The van der Waals surface area contributed by atoms with Crippen molar-refractivity contribution in [1.29, 1.82) is 0 Å². The van der Waals surface area contributed by atoms with Crippen LogP contribution in [0.15, 0.2) is 0 Å². The van der Waals surface area contributed by atoms with Crippen LogP contribution < -0.4 is 0 Å². The second-order valence-corrected chi connectivity index (χ2v) is 5.34. The molecular formula is C13H22O3. The van der Waals surface area contributed by atoms with Crippen LogP contribution in [-0.2, 0) is 14.3 Å². The van der Waals surface area contributed by atoms with Crippen molar-refractivity contribution in [1.82, 2.24) is 0 Å². The van der Waals surface area contributed by atoms with Gasteiger partial charge in [-0.2, -0.15) is 0 Å². The maximum absolute atomic E-state index is 12.0. The quantitative estimate of drug-likeness (QED) is 0.420. The van der Waals surface area contributed by atoms with Crippen molar-refractivity contribution < 1.29 is 14.3 Å². The van der Waals surface area contributed by atoms with Crippen LogP contribution in [-0.4, -0.2) is 24.8 Å². The fourth-order valence-electron chi connectivity index (χ4n) is 2.42. The lowest BCUT2D eigenvalue weighted by Crippen LogP contribution is -2.30. The largest absolute Gasteiger partial charge is 0.465 e. The summed E-state index contributed by atoms with van der Waals surface area (Å²) < 4.78 is 10.8. The van der Waals surface area contributed by atoms with Crippen molar-refractivity contribution >= 4 is 5.97 Å². The average Bonchev–Trinajstić information content (AvgIpc) is 3.02. The minimum absolute atomic E-state index is 0.00208. The molecule has 0 aromatic rings. The number of carbonyl (C=O) groups excluding carboxylic acids is 1. The number of hydrogen-bond donors (Lipinski definition) is 0. The summed E-state index contributed by atoms with van der Waals surface area (Å²) in [7, 11) is 0. The molecule has 0 aromatic heterocycles. The van der Waals surface area contributed by atoms with Crippen molar-refractivity contribution in [2.75, 3.05) is 6.61 Å². The van der Waals surface area contributed by atoms with Gasteiger partial charge in [-0.15, -0.1) is 0 Å². The molecule has 2 rings (SSSR count). The lowest BCUT2D eigenvalue weighted by molar-refractivity contribution is -0.156. The standard InChI is InChI=1S/C13H22O3/c1-3-4-9-15-12(14)13(2)7-5-10-11(16-10)6-8-13/h10-11H,3-9H2,1-2H3. The number of ether oxygens (including phenoxy) is 2. The lowest BCUT2D eigenvalue weighted by atomic mass is 9.82. The van der Waals surface area contributed by atoms with Gasteiger partial charge < -0.3 is 9.47 Å². The lowest BCUT2D eigenvalue weighted by Gasteiger charge is -2.26. The van der Waals surface area contributed by atoms with E-state index in [2.05, 4.69) is 6.92 Å². The first-order chi connectivity index (χ1) is 7.65. The summed E-state index contributed by atoms with van der Waals surface area (Å²) in [5.41, 5.74) is -0.259. The molecule has 3 nitrogen and oxygen atoms in total. The van der Waals surface area contributed by atoms with Crippen LogP contribution in [0.1, 0.15) is 52.4 Å². The van der Waals surface area contributed by atoms with Crippen LogP contribution in [0.5, 0.6) is 0 Å². The summed E-state index contributed by atoms with van der Waals surface area (Å²) in [6.45, 7) is 4.73. The molecule has 0 bridgehead atoms. The van der Waals surface area contributed by atoms with E-state index in [1.807, 2.05) is 6.92 Å². The van der Waals surface area contributed by atoms with E-state index in [4.69, 9.17) is 9.47 Å². The van der Waals surface area contributed by atoms with Gasteiger partial charge in [-0.25, -0.2) is 0 Å². The first kappa shape index (κ1) is 11.9. The van der Waals surface area contributed by atoms with Gasteiger partial charge in [-0.05, 0) is 39.0 Å². The Morgan fingerprint density at radius 2 is 2.00 bits per heavy atom. The van der Waals surface area contributed by atoms with E-state index in [1.165, 1.54) is 0 Å². The van der Waals surface area contributed by atoms with Crippen LogP contribution in [0.4, 0.5) is 0 Å². The Morgan fingerprint density at radius 1 is 1.38 bits per heavy atom. The average molecular weight is 226 g/mol. The van der Waals surface area contributed by atoms with E-state index in [9.17, 15) is 4.79 Å². The molecule has 2 unspecified atom stereocenters. The molecule has 1 saturated carbocycles. The van der Waals surface area contributed by atoms with Gasteiger partial charge in [0.2, 0.25) is 0 Å². The summed E-state index contributed by atoms with van der Waals surface area (Å²) >= 11 is 0. The van der Waals surface area contributed by atoms with E-state index in [1.54, 1.807) is 0 Å². The second-order valence-electron chi connectivity index (χ2n) is 5.34. The normalized spacial score (nSPS) is 37.4. The summed E-state index contributed by atoms with van der Waals surface area (Å²) in [5.74, 6) is 0.00208. The van der Waals surface area contributed by atoms with E-state index in [0.29, 0.717) is 18.8 Å². The SMILES string of the molecule is CCCCOC(=O)C1(C)CCC2OC2CC1. The van der Waals surface area contributed by atoms with Crippen molar-refractivity contribution in [2.45, 2.75) is 64.6 Å². The maximum Gasteiger partial charge on any atom is 0.311 e. The molecule has 1 saturated heterocycles. The summed E-state index contributed by atoms with van der Waals surface area (Å²) in [5, 5.41) is 0. The molecule has 3 heteroatoms. The summed E-state index contributed by atoms with van der Waals surface area (Å²) in [6, 6.07) is 0. The molecule has 0 radical (unpaired) electrons. The van der Waals surface area contributed by atoms with Crippen molar-refractivity contribution in [2.24, 2.45) is 5.41 Å². The number of unbranched alkanes of at least 4 members (excludes halogenated alkanes) is 1. The van der Waals surface area contributed by atoms with Crippen molar-refractivity contribution in [3.05, 3.63) is 0 Å². The van der Waals surface area contributed by atoms with Crippen LogP contribution >= 0.6 is 0 Å². The number of esters is 1. The molecule has 1 heterocycles. The van der Waals surface area contributed by atoms with E-state index in [0.717, 1.165) is 38.5 Å². The molecule has 0 spiro atoms. The number of epoxide rings is 1. The van der Waals surface area contributed by atoms with E-state index >= 15 is 0 Å². The molecule has 0 N–H and O–H groups in total. The zero-order chi connectivity index (χ0) is 11.6. The second kappa shape index (κ2) is 4.74. The fourth-order valence-corrected chi connectivity index (χ4v) is 2.42. The van der Waals surface area contributed by atoms with E-state index in [-0.39, 0.29) is 11.4 Å². The molecule has 2 aliphatic rings. The molecule has 2 atom stereocenters. The number of hydrogen-bond acceptors (Lipinski definition) is 3. The van der Waals surface area contributed by atoms with Gasteiger partial charge in [0.15, 0.2) is 0 Å². The Labute approximate surface area is 97.5 Å². The molecule has 0 amide bonds. The highest BCUT2D eigenvalue weighted by Gasteiger charge is 2.47. The Hall–Kier alpha value is -0.570. The minimum Gasteiger partial charge on any atom is -0.465 e. The summed E-state index contributed by atoms with van der Waals surface area (Å²) in [6.07, 6.45) is 6.78. The highest BCUT2D eigenvalue weighted by molar-refractivity contribution is 5.76. The van der Waals surface area contributed by atoms with Gasteiger partial charge in [0.1, 0.15) is 0 Å². The molecule has 0 aromatic carbocycles. The highest BCUT2D eigenvalue weighted by atomic mass is 16.6. The third kappa shape index (κ3) is 2.57. The molecule has 2 fully saturated rings. The van der Waals surface area contributed by atoms with E-state index < -0.39 is 0 Å². The van der Waals surface area contributed by atoms with Gasteiger partial charge in [0.25, 0.3) is 0 Å². The zero-order valence-electron chi connectivity index (χ0n) is 10.3. The number of rotatable bonds is 4. The highest BCUT2D eigenvalue weighted by Crippen LogP contribution is 2.43. The van der Waals surface area contributed by atoms with Crippen LogP contribution in [0.3, 0.4) is 0 Å². The fraction of sp³-hybridized carbons (Fsp3) is 0.923. The zero-order valence-corrected chi connectivity index (χ0v) is 10.3. The van der Waals surface area contributed by atoms with Gasteiger partial charge in [0, 0.05) is 0 Å². The molecule has 1 aliphatic carbocycles. The Balaban J connectivity index is 1.83. The summed E-state index contributed by atoms with van der Waals surface area (Å²) in [4.78, 5) is 12.0. The predicted octanol–water partition coefficient (Wildman–Crippen LogP) is 2.68. The number of fused-ring (bicyclic) bond motifs is 1. The van der Waals surface area contributed by atoms with Gasteiger partial charge in [0.05, 0.1) is 24.2 Å². The Morgan fingerprint density at radius 3 is 2.56 bits per heavy atom. The third-order valence-electron chi connectivity index (χ3n) is 3.87.